The molecule has 0 spiro atoms. The Labute approximate surface area is 429 Å². The summed E-state index contributed by atoms with van der Waals surface area (Å²) >= 11 is 0. The minimum Gasteiger partial charge on any atom is -0.462 e. The van der Waals surface area contributed by atoms with E-state index in [4.69, 9.17) is 29.8 Å². The van der Waals surface area contributed by atoms with Gasteiger partial charge in [-0.1, -0.05) is 86.8 Å². The quantitative estimate of drug-likeness (QED) is 0.0224. The molecule has 0 aromatic heterocycles. The third kappa shape index (κ3) is 25.3. The van der Waals surface area contributed by atoms with E-state index in [1.165, 1.54) is 6.92 Å². The molecular formula is C49H85N5O18S. The van der Waals surface area contributed by atoms with Crippen molar-refractivity contribution in [3.63, 3.8) is 0 Å². The lowest BCUT2D eigenvalue weighted by molar-refractivity contribution is -0.304. The number of hydrogen-bond donors (Lipinski definition) is 15. The van der Waals surface area contributed by atoms with Crippen molar-refractivity contribution in [2.24, 2.45) is 22.7 Å². The number of amides is 2. The molecule has 2 aliphatic heterocycles. The molecule has 24 heteroatoms. The molecule has 0 aromatic carbocycles. The van der Waals surface area contributed by atoms with Crippen molar-refractivity contribution in [3.05, 3.63) is 72.9 Å². The Balaban J connectivity index is 1.91. The summed E-state index contributed by atoms with van der Waals surface area (Å²) in [5.41, 5.74) is 5.93. The maximum atomic E-state index is 12.8. The van der Waals surface area contributed by atoms with E-state index >= 15 is 0 Å². The number of carbonyl (C=O) groups excluding carboxylic acids is 2. The molecule has 23 nitrogen and oxygen atoms in total. The fourth-order valence-corrected chi connectivity index (χ4v) is 8.62. The van der Waals surface area contributed by atoms with Gasteiger partial charge in [-0.15, -0.1) is 0 Å². The lowest BCUT2D eigenvalue weighted by Gasteiger charge is -2.46. The van der Waals surface area contributed by atoms with Crippen LogP contribution in [-0.2, 0) is 34.0 Å². The second kappa shape index (κ2) is 32.8. The molecule has 420 valence electrons. The van der Waals surface area contributed by atoms with Gasteiger partial charge in [-0.05, 0) is 47.0 Å². The molecule has 0 unspecified atom stereocenters. The Kier molecular flexibility index (Phi) is 29.5. The summed E-state index contributed by atoms with van der Waals surface area (Å²) < 4.78 is 47.3. The topological polar surface area (TPSA) is 396 Å². The number of rotatable bonds is 31. The highest BCUT2D eigenvalue weighted by molar-refractivity contribution is 7.87. The number of ether oxygens (including phenoxy) is 4. The van der Waals surface area contributed by atoms with E-state index < -0.39 is 157 Å². The normalized spacial score (nSPS) is 29.6. The predicted octanol–water partition coefficient (Wildman–Crippen LogP) is -1.06. The molecule has 2 saturated heterocycles. The number of esters is 1. The molecular weight excluding hydrogens is 979 g/mol. The number of aliphatic hydroxyl groups excluding tert-OH is 9. The van der Waals surface area contributed by atoms with E-state index in [1.54, 1.807) is 20.8 Å². The number of hydrogen-bond acceptors (Lipinski definition) is 19. The molecule has 0 radical (unpaired) electrons. The Morgan fingerprint density at radius 2 is 1.42 bits per heavy atom. The van der Waals surface area contributed by atoms with Gasteiger partial charge in [0.15, 0.2) is 12.1 Å². The molecule has 2 rings (SSSR count). The summed E-state index contributed by atoms with van der Waals surface area (Å²) in [6.45, 7) is 9.74. The van der Waals surface area contributed by atoms with Gasteiger partial charge in [-0.3, -0.25) is 4.79 Å². The second-order valence-corrected chi connectivity index (χ2v) is 20.5. The molecule has 17 N–H and O–H groups in total. The molecule has 0 aromatic rings. The Morgan fingerprint density at radius 3 is 2.03 bits per heavy atom. The third-order valence-corrected chi connectivity index (χ3v) is 13.2. The van der Waals surface area contributed by atoms with Gasteiger partial charge in [-0.25, -0.2) is 14.7 Å². The van der Waals surface area contributed by atoms with Gasteiger partial charge in [0.25, 0.3) is 10.2 Å². The number of urea groups is 1. The van der Waals surface area contributed by atoms with Crippen LogP contribution in [0.4, 0.5) is 4.79 Å². The largest absolute Gasteiger partial charge is 0.462 e. The zero-order valence-electron chi connectivity index (χ0n) is 42.7. The van der Waals surface area contributed by atoms with Crippen LogP contribution in [0.2, 0.25) is 0 Å². The van der Waals surface area contributed by atoms with Crippen molar-refractivity contribution in [3.8, 4) is 0 Å². The zero-order chi connectivity index (χ0) is 55.1. The standard InChI is InChI=1S/C49H85N5O18S/c1-7-8-9-10-11-12-13-14-15-16-17-18-29(2)44(62)31(4)32(5)70-41(61)26-35(56)24-34(55)19-20-37(58)38(59)25-36(57)27-49(66)28-39(60)43(54-48(65)52-21-22-53-73(51,67)68)40(72-49)23-30(3)69-47-46(64)42(50)45(63)33(6)71-47/h7-18,29-40,42-47,53,55-60,62-64,66H,19-28,50H2,1-6H3,(H2,51,67,68)(H2,52,54,65)/b8-7+,10-9+,12-11+,14-13+,16-15+,18-17+/t29-,30-,31-,32-,33+,34+,35+,36-,37+,38+,39-,40-,42-,43+,44+,45+,46-,47+,49+/m0/s1. The van der Waals surface area contributed by atoms with Crippen LogP contribution in [0.15, 0.2) is 72.9 Å². The van der Waals surface area contributed by atoms with Gasteiger partial charge in [0.1, 0.15) is 12.2 Å². The fourth-order valence-electron chi connectivity index (χ4n) is 8.23. The first-order valence-electron chi connectivity index (χ1n) is 24.7. The highest BCUT2D eigenvalue weighted by atomic mass is 32.2. The maximum Gasteiger partial charge on any atom is 0.315 e. The Bertz CT molecular complexity index is 1930. The van der Waals surface area contributed by atoms with E-state index in [-0.39, 0.29) is 44.7 Å². The van der Waals surface area contributed by atoms with Crippen LogP contribution < -0.4 is 26.2 Å². The highest BCUT2D eigenvalue weighted by Gasteiger charge is 2.49. The maximum absolute atomic E-state index is 12.8. The SMILES string of the molecule is C/C=C/C=C/C=C/C=C/C=C/C=C/[C@H](C)[C@@H](O)[C@@H](C)[C@H](C)OC(=O)C[C@H](O)C[C@H](O)CC[C@@H](O)[C@H](O)C[C@H](O)C[C@]1(O)C[C@H](O)[C@@H](NC(=O)NCCNS(N)(=O)=O)[C@H](C[C@H](C)O[C@@H]2O[C@H](C)[C@@H](O)[C@H](N)[C@@H]2O)O1. The molecule has 0 aliphatic carbocycles. The van der Waals surface area contributed by atoms with E-state index in [2.05, 4.69) is 10.6 Å². The van der Waals surface area contributed by atoms with Crippen molar-refractivity contribution in [1.29, 1.82) is 0 Å². The first-order chi connectivity index (χ1) is 34.2. The van der Waals surface area contributed by atoms with Gasteiger partial charge in [0.05, 0.1) is 85.6 Å². The monoisotopic (exact) mass is 1060 g/mol. The average Bonchev–Trinajstić information content (AvgIpc) is 3.29. The average molecular weight is 1060 g/mol. The lowest BCUT2D eigenvalue weighted by Crippen LogP contribution is -2.64. The molecule has 2 aliphatic rings. The Morgan fingerprint density at radius 1 is 0.822 bits per heavy atom. The van der Waals surface area contributed by atoms with Crippen LogP contribution in [0.3, 0.4) is 0 Å². The van der Waals surface area contributed by atoms with Crippen molar-refractivity contribution in [1.82, 2.24) is 15.4 Å². The molecule has 2 fully saturated rings. The van der Waals surface area contributed by atoms with Crippen molar-refractivity contribution in [2.45, 2.75) is 196 Å². The summed E-state index contributed by atoms with van der Waals surface area (Å²) in [6.07, 6.45) is 2.55. The lowest BCUT2D eigenvalue weighted by atomic mass is 9.87. The smallest absolute Gasteiger partial charge is 0.315 e. The van der Waals surface area contributed by atoms with Gasteiger partial charge in [-0.2, -0.15) is 8.42 Å². The number of nitrogens with one attached hydrogen (secondary N) is 3. The van der Waals surface area contributed by atoms with Crippen molar-refractivity contribution >= 4 is 22.2 Å². The summed E-state index contributed by atoms with van der Waals surface area (Å²) in [5.74, 6) is -3.75. The zero-order valence-corrected chi connectivity index (χ0v) is 43.5. The summed E-state index contributed by atoms with van der Waals surface area (Å²) in [5, 5.41) is 118. The minimum absolute atomic E-state index is 0.122. The van der Waals surface area contributed by atoms with Gasteiger partial charge >= 0.3 is 12.0 Å². The molecule has 73 heavy (non-hydrogen) atoms. The van der Waals surface area contributed by atoms with E-state index in [1.807, 2.05) is 91.5 Å². The van der Waals surface area contributed by atoms with Crippen LogP contribution in [0.1, 0.15) is 92.9 Å². The van der Waals surface area contributed by atoms with Crippen molar-refractivity contribution in [2.75, 3.05) is 13.1 Å². The first kappa shape index (κ1) is 65.6. The molecule has 0 bridgehead atoms. The molecule has 2 heterocycles. The van der Waals surface area contributed by atoms with Crippen LogP contribution >= 0.6 is 0 Å². The highest BCUT2D eigenvalue weighted by Crippen LogP contribution is 2.35. The van der Waals surface area contributed by atoms with E-state index in [0.29, 0.717) is 0 Å². The minimum atomic E-state index is -4.03. The number of allylic oxidation sites excluding steroid dienone is 11. The molecule has 19 atom stereocenters. The molecule has 0 saturated carbocycles. The van der Waals surface area contributed by atoms with Crippen LogP contribution in [0.5, 0.6) is 0 Å². The number of nitrogens with two attached hydrogens (primary N) is 2. The van der Waals surface area contributed by atoms with Gasteiger partial charge in [0, 0.05) is 50.6 Å². The van der Waals surface area contributed by atoms with Crippen LogP contribution in [0, 0.1) is 11.8 Å². The van der Waals surface area contributed by atoms with Crippen LogP contribution in [-0.4, -0.2) is 188 Å². The molecule has 2 amide bonds. The first-order valence-corrected chi connectivity index (χ1v) is 26.3. The second-order valence-electron chi connectivity index (χ2n) is 19.1. The summed E-state index contributed by atoms with van der Waals surface area (Å²) in [7, 11) is -4.03. The van der Waals surface area contributed by atoms with Crippen molar-refractivity contribution < 1.29 is 88.0 Å². The van der Waals surface area contributed by atoms with Crippen LogP contribution in [0.25, 0.3) is 0 Å². The van der Waals surface area contributed by atoms with E-state index in [9.17, 15) is 69.1 Å². The fraction of sp³-hybridized carbons (Fsp3) is 0.714. The summed E-state index contributed by atoms with van der Waals surface area (Å²) in [4.78, 5) is 25.5. The number of aliphatic hydroxyl groups is 10. The summed E-state index contributed by atoms with van der Waals surface area (Å²) in [6, 6.07) is -3.21. The third-order valence-electron chi connectivity index (χ3n) is 12.6. The predicted molar refractivity (Wildman–Crippen MR) is 270 cm³/mol. The van der Waals surface area contributed by atoms with E-state index in [0.717, 1.165) is 0 Å². The number of carbonyl (C=O) groups is 2. The van der Waals surface area contributed by atoms with Gasteiger partial charge < -0.3 is 86.4 Å². The van der Waals surface area contributed by atoms with Gasteiger partial charge in [0.2, 0.25) is 0 Å². The Hall–Kier alpha value is -3.51.